The fourth-order valence-electron chi connectivity index (χ4n) is 3.01. The number of amides is 1. The van der Waals surface area contributed by atoms with E-state index in [1.807, 2.05) is 24.3 Å². The number of carbonyl (C=O) groups is 1. The molecule has 1 amide bonds. The van der Waals surface area contributed by atoms with Gasteiger partial charge in [-0.1, -0.05) is 65.7 Å². The van der Waals surface area contributed by atoms with E-state index in [2.05, 4.69) is 10.5 Å². The van der Waals surface area contributed by atoms with Crippen LogP contribution in [0.5, 0.6) is 5.75 Å². The van der Waals surface area contributed by atoms with Crippen LogP contribution in [0, 0.1) is 0 Å². The van der Waals surface area contributed by atoms with Crippen molar-refractivity contribution in [3.63, 3.8) is 0 Å². The zero-order valence-electron chi connectivity index (χ0n) is 16.9. The summed E-state index contributed by atoms with van der Waals surface area (Å²) in [6.07, 6.45) is 1.37. The first kappa shape index (κ1) is 22.8. The zero-order chi connectivity index (χ0) is 23.4. The summed E-state index contributed by atoms with van der Waals surface area (Å²) in [7, 11) is -4.04. The third kappa shape index (κ3) is 5.51. The summed E-state index contributed by atoms with van der Waals surface area (Å²) in [5.41, 5.74) is 3.19. The van der Waals surface area contributed by atoms with Gasteiger partial charge in [-0.15, -0.1) is 0 Å². The highest BCUT2D eigenvalue weighted by Gasteiger charge is 2.17. The molecule has 4 aromatic rings. The van der Waals surface area contributed by atoms with Crippen molar-refractivity contribution in [2.45, 2.75) is 4.90 Å². The number of hydrazone groups is 1. The Kier molecular flexibility index (Phi) is 6.65. The monoisotopic (exact) mass is 498 g/mol. The molecule has 0 spiro atoms. The Hall–Kier alpha value is -3.39. The molecule has 0 aliphatic carbocycles. The van der Waals surface area contributed by atoms with Gasteiger partial charge in [-0.3, -0.25) is 4.79 Å². The Balaban J connectivity index is 1.46. The van der Waals surface area contributed by atoms with Gasteiger partial charge in [-0.25, -0.2) is 5.43 Å². The third-order valence-corrected chi connectivity index (χ3v) is 6.62. The molecule has 0 heterocycles. The molecule has 0 saturated carbocycles. The summed E-state index contributed by atoms with van der Waals surface area (Å²) < 4.78 is 30.8. The molecule has 0 aliphatic heterocycles. The molecule has 4 rings (SSSR count). The Labute approximate surface area is 200 Å². The highest BCUT2D eigenvalue weighted by Crippen LogP contribution is 2.24. The number of hydrogen-bond acceptors (Lipinski definition) is 5. The van der Waals surface area contributed by atoms with Crippen molar-refractivity contribution in [1.82, 2.24) is 5.43 Å². The normalized spacial score (nSPS) is 11.6. The van der Waals surface area contributed by atoms with Crippen LogP contribution in [0.3, 0.4) is 0 Å². The number of halogens is 2. The van der Waals surface area contributed by atoms with E-state index >= 15 is 0 Å². The van der Waals surface area contributed by atoms with E-state index in [-0.39, 0.29) is 15.7 Å². The Morgan fingerprint density at radius 3 is 2.42 bits per heavy atom. The highest BCUT2D eigenvalue weighted by atomic mass is 35.5. The van der Waals surface area contributed by atoms with Crippen LogP contribution < -0.4 is 9.61 Å². The molecular weight excluding hydrogens is 483 g/mol. The van der Waals surface area contributed by atoms with Crippen molar-refractivity contribution < 1.29 is 17.4 Å². The number of benzene rings is 4. The second-order valence-corrected chi connectivity index (χ2v) is 9.31. The lowest BCUT2D eigenvalue weighted by Crippen LogP contribution is -2.17. The van der Waals surface area contributed by atoms with Crippen molar-refractivity contribution >= 4 is 56.2 Å². The van der Waals surface area contributed by atoms with Gasteiger partial charge in [-0.05, 0) is 58.8 Å². The summed E-state index contributed by atoms with van der Waals surface area (Å²) >= 11 is 11.8. The van der Waals surface area contributed by atoms with Gasteiger partial charge in [0.1, 0.15) is 10.6 Å². The summed E-state index contributed by atoms with van der Waals surface area (Å²) in [6.45, 7) is 0. The van der Waals surface area contributed by atoms with Crippen molar-refractivity contribution in [3.8, 4) is 5.75 Å². The Morgan fingerprint density at radius 1 is 0.848 bits per heavy atom. The van der Waals surface area contributed by atoms with Crippen LogP contribution >= 0.6 is 23.2 Å². The summed E-state index contributed by atoms with van der Waals surface area (Å²) in [4.78, 5) is 12.2. The van der Waals surface area contributed by atoms with Crippen LogP contribution in [0.1, 0.15) is 15.9 Å². The largest absolute Gasteiger partial charge is 0.379 e. The summed E-state index contributed by atoms with van der Waals surface area (Å²) in [5, 5.41) is 6.21. The molecule has 0 radical (unpaired) electrons. The van der Waals surface area contributed by atoms with Crippen LogP contribution in [0.15, 0.2) is 94.9 Å². The lowest BCUT2D eigenvalue weighted by molar-refractivity contribution is 0.0955. The molecule has 0 bridgehead atoms. The molecule has 166 valence electrons. The molecule has 0 atom stereocenters. The quantitative estimate of drug-likeness (QED) is 0.210. The minimum atomic E-state index is -4.04. The van der Waals surface area contributed by atoms with Crippen LogP contribution in [-0.4, -0.2) is 20.5 Å². The first-order valence-corrected chi connectivity index (χ1v) is 11.8. The van der Waals surface area contributed by atoms with Gasteiger partial charge >= 0.3 is 10.1 Å². The second kappa shape index (κ2) is 9.62. The van der Waals surface area contributed by atoms with Crippen molar-refractivity contribution in [1.29, 1.82) is 0 Å². The molecule has 0 aromatic heterocycles. The molecule has 0 saturated heterocycles. The fraction of sp³-hybridized carbons (Fsp3) is 0. The topological polar surface area (TPSA) is 84.8 Å². The van der Waals surface area contributed by atoms with E-state index < -0.39 is 16.0 Å². The van der Waals surface area contributed by atoms with Crippen LogP contribution in [0.25, 0.3) is 10.8 Å². The third-order valence-electron chi connectivity index (χ3n) is 4.64. The Bertz CT molecular complexity index is 1490. The maximum absolute atomic E-state index is 12.7. The number of fused-ring (bicyclic) bond motifs is 1. The maximum atomic E-state index is 12.7. The van der Waals surface area contributed by atoms with E-state index in [9.17, 15) is 13.2 Å². The van der Waals surface area contributed by atoms with Gasteiger partial charge in [0.15, 0.2) is 0 Å². The minimum Gasteiger partial charge on any atom is -0.379 e. The molecule has 0 unspecified atom stereocenters. The predicted molar refractivity (Wildman–Crippen MR) is 130 cm³/mol. The van der Waals surface area contributed by atoms with Crippen molar-refractivity contribution in [2.24, 2.45) is 5.10 Å². The SMILES string of the molecule is O=C(N/N=C\c1cccc(OS(=O)(=O)c2ccc3ccccc3c2)c1)c1ccc(Cl)c(Cl)c1. The van der Waals surface area contributed by atoms with Crippen LogP contribution in [-0.2, 0) is 10.1 Å². The van der Waals surface area contributed by atoms with E-state index in [1.165, 1.54) is 42.6 Å². The lowest BCUT2D eigenvalue weighted by Gasteiger charge is -2.08. The van der Waals surface area contributed by atoms with Crippen molar-refractivity contribution in [3.05, 3.63) is 106 Å². The minimum absolute atomic E-state index is 0.0501. The predicted octanol–water partition coefficient (Wildman–Crippen LogP) is 5.68. The maximum Gasteiger partial charge on any atom is 0.339 e. The first-order chi connectivity index (χ1) is 15.8. The molecule has 9 heteroatoms. The first-order valence-electron chi connectivity index (χ1n) is 9.64. The molecule has 6 nitrogen and oxygen atoms in total. The van der Waals surface area contributed by atoms with Gasteiger partial charge in [-0.2, -0.15) is 13.5 Å². The Morgan fingerprint density at radius 2 is 1.64 bits per heavy atom. The van der Waals surface area contributed by atoms with E-state index in [0.717, 1.165) is 10.8 Å². The standard InChI is InChI=1S/C24H16Cl2N2O4S/c25-22-11-9-19(14-23(22)26)24(29)28-27-15-16-4-3-7-20(12-16)32-33(30,31)21-10-8-17-5-1-2-6-18(17)13-21/h1-15H,(H,28,29)/b27-15-. The molecular formula is C24H16Cl2N2O4S. The summed E-state index contributed by atoms with van der Waals surface area (Å²) in [5.74, 6) is -0.362. The zero-order valence-corrected chi connectivity index (χ0v) is 19.2. The molecule has 1 N–H and O–H groups in total. The fourth-order valence-corrected chi connectivity index (χ4v) is 4.27. The van der Waals surface area contributed by atoms with E-state index in [4.69, 9.17) is 27.4 Å². The molecule has 0 aliphatic rings. The van der Waals surface area contributed by atoms with E-state index in [1.54, 1.807) is 24.3 Å². The van der Waals surface area contributed by atoms with E-state index in [0.29, 0.717) is 16.1 Å². The van der Waals surface area contributed by atoms with Crippen molar-refractivity contribution in [2.75, 3.05) is 0 Å². The van der Waals surface area contributed by atoms with Gasteiger partial charge < -0.3 is 4.18 Å². The van der Waals surface area contributed by atoms with Gasteiger partial charge in [0.05, 0.1) is 16.3 Å². The second-order valence-electron chi connectivity index (χ2n) is 6.95. The number of rotatable bonds is 6. The van der Waals surface area contributed by atoms with Crippen LogP contribution in [0.4, 0.5) is 0 Å². The lowest BCUT2D eigenvalue weighted by atomic mass is 10.1. The number of nitrogens with zero attached hydrogens (tertiary/aromatic N) is 1. The van der Waals surface area contributed by atoms with Gasteiger partial charge in [0, 0.05) is 5.56 Å². The summed E-state index contributed by atoms with van der Waals surface area (Å²) in [6, 6.07) is 23.0. The molecule has 4 aromatic carbocycles. The average Bonchev–Trinajstić information content (AvgIpc) is 2.80. The smallest absolute Gasteiger partial charge is 0.339 e. The highest BCUT2D eigenvalue weighted by molar-refractivity contribution is 7.87. The molecule has 33 heavy (non-hydrogen) atoms. The van der Waals surface area contributed by atoms with Crippen LogP contribution in [0.2, 0.25) is 10.0 Å². The number of hydrogen-bond donors (Lipinski definition) is 1. The average molecular weight is 499 g/mol. The number of carbonyl (C=O) groups excluding carboxylic acids is 1. The van der Waals surface area contributed by atoms with Gasteiger partial charge in [0.2, 0.25) is 0 Å². The van der Waals surface area contributed by atoms with Gasteiger partial charge in [0.25, 0.3) is 5.91 Å². The number of nitrogens with one attached hydrogen (secondary N) is 1. The molecule has 0 fully saturated rings.